The van der Waals surface area contributed by atoms with Crippen LogP contribution in [0, 0.1) is 0 Å². The average Bonchev–Trinajstić information content (AvgIpc) is 2.47. The van der Waals surface area contributed by atoms with Gasteiger partial charge in [-0.25, -0.2) is 4.79 Å². The van der Waals surface area contributed by atoms with E-state index in [1.165, 1.54) is 6.08 Å². The molecule has 2 aromatic rings. The number of aliphatic carboxylic acids is 1. The van der Waals surface area contributed by atoms with Crippen LogP contribution < -0.4 is 4.74 Å². The van der Waals surface area contributed by atoms with E-state index < -0.39 is 5.97 Å². The topological polar surface area (TPSA) is 46.5 Å². The zero-order valence-electron chi connectivity index (χ0n) is 12.2. The molecule has 0 aromatic heterocycles. The zero-order valence-corrected chi connectivity index (χ0v) is 12.2. The third-order valence-corrected chi connectivity index (χ3v) is 3.23. The van der Waals surface area contributed by atoms with E-state index in [9.17, 15) is 4.79 Å². The smallest absolute Gasteiger partial charge is 0.328 e. The average molecular weight is 282 g/mol. The second-order valence-electron chi connectivity index (χ2n) is 4.93. The molecule has 0 spiro atoms. The molecule has 0 heterocycles. The predicted molar refractivity (Wildman–Crippen MR) is 83.5 cm³/mol. The molecule has 108 valence electrons. The van der Waals surface area contributed by atoms with Crippen molar-refractivity contribution in [3.05, 3.63) is 65.7 Å². The number of hydrogen-bond donors (Lipinski definition) is 1. The highest BCUT2D eigenvalue weighted by atomic mass is 16.5. The fourth-order valence-electron chi connectivity index (χ4n) is 2.18. The standard InChI is InChI=1S/C18H18O3/c1-13(12-18(19)20)11-14-3-5-15(6-4-14)16-7-9-17(21-2)10-8-16/h3-10,12H,11H2,1-2H3,(H,19,20)/b13-12+. The van der Waals surface area contributed by atoms with Crippen molar-refractivity contribution in [2.75, 3.05) is 7.11 Å². The van der Waals surface area contributed by atoms with Gasteiger partial charge in [-0.2, -0.15) is 0 Å². The highest BCUT2D eigenvalue weighted by Crippen LogP contribution is 2.23. The summed E-state index contributed by atoms with van der Waals surface area (Å²) < 4.78 is 5.15. The number of allylic oxidation sites excluding steroid dienone is 1. The molecule has 0 amide bonds. The molecular formula is C18H18O3. The number of hydrogen-bond acceptors (Lipinski definition) is 2. The Morgan fingerprint density at radius 3 is 2.05 bits per heavy atom. The van der Waals surface area contributed by atoms with Gasteiger partial charge in [0.25, 0.3) is 0 Å². The van der Waals surface area contributed by atoms with Crippen LogP contribution in [0.5, 0.6) is 5.75 Å². The van der Waals surface area contributed by atoms with E-state index in [0.717, 1.165) is 28.0 Å². The highest BCUT2D eigenvalue weighted by molar-refractivity contribution is 5.80. The van der Waals surface area contributed by atoms with Gasteiger partial charge in [0.2, 0.25) is 0 Å². The number of carbonyl (C=O) groups is 1. The lowest BCUT2D eigenvalue weighted by Gasteiger charge is -2.06. The minimum atomic E-state index is -0.901. The minimum Gasteiger partial charge on any atom is -0.497 e. The monoisotopic (exact) mass is 282 g/mol. The highest BCUT2D eigenvalue weighted by Gasteiger charge is 2.01. The molecule has 0 radical (unpaired) electrons. The van der Waals surface area contributed by atoms with Crippen LogP contribution in [0.3, 0.4) is 0 Å². The van der Waals surface area contributed by atoms with Crippen molar-refractivity contribution in [3.63, 3.8) is 0 Å². The molecule has 0 saturated carbocycles. The summed E-state index contributed by atoms with van der Waals surface area (Å²) in [4.78, 5) is 10.6. The number of rotatable bonds is 5. The summed E-state index contributed by atoms with van der Waals surface area (Å²) in [5.41, 5.74) is 4.18. The van der Waals surface area contributed by atoms with Gasteiger partial charge >= 0.3 is 5.97 Å². The molecule has 3 heteroatoms. The van der Waals surface area contributed by atoms with Crippen LogP contribution in [-0.4, -0.2) is 18.2 Å². The molecule has 0 saturated heterocycles. The molecule has 0 aliphatic carbocycles. The molecule has 2 aromatic carbocycles. The first kappa shape index (κ1) is 14.9. The molecular weight excluding hydrogens is 264 g/mol. The summed E-state index contributed by atoms with van der Waals surface area (Å²) in [5.74, 6) is -0.0628. The van der Waals surface area contributed by atoms with E-state index in [1.807, 2.05) is 55.5 Å². The van der Waals surface area contributed by atoms with Crippen LogP contribution >= 0.6 is 0 Å². The van der Waals surface area contributed by atoms with E-state index in [4.69, 9.17) is 9.84 Å². The van der Waals surface area contributed by atoms with Crippen LogP contribution in [0.2, 0.25) is 0 Å². The quantitative estimate of drug-likeness (QED) is 0.845. The summed E-state index contributed by atoms with van der Waals surface area (Å²) >= 11 is 0. The van der Waals surface area contributed by atoms with E-state index in [1.54, 1.807) is 7.11 Å². The predicted octanol–water partition coefficient (Wildman–Crippen LogP) is 3.94. The molecule has 0 aliphatic rings. The lowest BCUT2D eigenvalue weighted by Crippen LogP contribution is -1.93. The first-order valence-electron chi connectivity index (χ1n) is 6.72. The van der Waals surface area contributed by atoms with Gasteiger partial charge in [0.1, 0.15) is 5.75 Å². The molecule has 0 aliphatic heterocycles. The molecule has 0 bridgehead atoms. The summed E-state index contributed by atoms with van der Waals surface area (Å²) in [7, 11) is 1.65. The van der Waals surface area contributed by atoms with Crippen molar-refractivity contribution in [2.24, 2.45) is 0 Å². The van der Waals surface area contributed by atoms with Crippen molar-refractivity contribution in [3.8, 4) is 16.9 Å². The third kappa shape index (κ3) is 4.21. The van der Waals surface area contributed by atoms with Gasteiger partial charge in [0.15, 0.2) is 0 Å². The summed E-state index contributed by atoms with van der Waals surface area (Å²) in [6, 6.07) is 16.0. The van der Waals surface area contributed by atoms with E-state index in [0.29, 0.717) is 6.42 Å². The van der Waals surface area contributed by atoms with Gasteiger partial charge in [-0.05, 0) is 42.2 Å². The number of methoxy groups -OCH3 is 1. The Balaban J connectivity index is 2.12. The van der Waals surface area contributed by atoms with Crippen LogP contribution in [0.1, 0.15) is 12.5 Å². The van der Waals surface area contributed by atoms with E-state index in [2.05, 4.69) is 0 Å². The Morgan fingerprint density at radius 1 is 1.05 bits per heavy atom. The van der Waals surface area contributed by atoms with Gasteiger partial charge in [-0.3, -0.25) is 0 Å². The van der Waals surface area contributed by atoms with Gasteiger partial charge < -0.3 is 9.84 Å². The van der Waals surface area contributed by atoms with Crippen LogP contribution in [0.15, 0.2) is 60.2 Å². The summed E-state index contributed by atoms with van der Waals surface area (Å²) in [6.45, 7) is 1.82. The Labute approximate surface area is 124 Å². The van der Waals surface area contributed by atoms with Gasteiger partial charge in [0.05, 0.1) is 7.11 Å². The maximum atomic E-state index is 10.6. The van der Waals surface area contributed by atoms with Gasteiger partial charge in [-0.1, -0.05) is 42.0 Å². The van der Waals surface area contributed by atoms with E-state index >= 15 is 0 Å². The number of carboxylic acid groups (broad SMARTS) is 1. The SMILES string of the molecule is COc1ccc(-c2ccc(C/C(C)=C/C(=O)O)cc2)cc1. The number of carboxylic acids is 1. The van der Waals surface area contributed by atoms with Crippen molar-refractivity contribution in [2.45, 2.75) is 13.3 Å². The van der Waals surface area contributed by atoms with Crippen LogP contribution in [0.25, 0.3) is 11.1 Å². The largest absolute Gasteiger partial charge is 0.497 e. The maximum absolute atomic E-state index is 10.6. The first-order chi connectivity index (χ1) is 10.1. The van der Waals surface area contributed by atoms with Crippen molar-refractivity contribution < 1.29 is 14.6 Å². The van der Waals surface area contributed by atoms with E-state index in [-0.39, 0.29) is 0 Å². The second kappa shape index (κ2) is 6.75. The molecule has 0 atom stereocenters. The lowest BCUT2D eigenvalue weighted by molar-refractivity contribution is -0.131. The van der Waals surface area contributed by atoms with Crippen LogP contribution in [0.4, 0.5) is 0 Å². The number of benzene rings is 2. The molecule has 3 nitrogen and oxygen atoms in total. The summed E-state index contributed by atoms with van der Waals surface area (Å²) in [6.07, 6.45) is 1.90. The second-order valence-corrected chi connectivity index (χ2v) is 4.93. The maximum Gasteiger partial charge on any atom is 0.328 e. The molecule has 2 rings (SSSR count). The molecule has 1 N–H and O–H groups in total. The van der Waals surface area contributed by atoms with Gasteiger partial charge in [-0.15, -0.1) is 0 Å². The number of ether oxygens (including phenoxy) is 1. The van der Waals surface area contributed by atoms with Crippen molar-refractivity contribution in [1.82, 2.24) is 0 Å². The Morgan fingerprint density at radius 2 is 1.57 bits per heavy atom. The van der Waals surface area contributed by atoms with Crippen molar-refractivity contribution in [1.29, 1.82) is 0 Å². The fourth-order valence-corrected chi connectivity index (χ4v) is 2.18. The van der Waals surface area contributed by atoms with Gasteiger partial charge in [0, 0.05) is 6.08 Å². The molecule has 21 heavy (non-hydrogen) atoms. The Bertz CT molecular complexity index is 637. The molecule has 0 unspecified atom stereocenters. The Kier molecular flexibility index (Phi) is 4.77. The Hall–Kier alpha value is -2.55. The lowest BCUT2D eigenvalue weighted by atomic mass is 10.0. The normalized spacial score (nSPS) is 11.2. The van der Waals surface area contributed by atoms with Crippen LogP contribution in [-0.2, 0) is 11.2 Å². The fraction of sp³-hybridized carbons (Fsp3) is 0.167. The third-order valence-electron chi connectivity index (χ3n) is 3.23. The summed E-state index contributed by atoms with van der Waals surface area (Å²) in [5, 5.41) is 8.71. The first-order valence-corrected chi connectivity index (χ1v) is 6.72. The van der Waals surface area contributed by atoms with Crippen molar-refractivity contribution >= 4 is 5.97 Å². The minimum absolute atomic E-state index is 0.648. The molecule has 0 fully saturated rings. The zero-order chi connectivity index (χ0) is 15.2.